The first-order valence-electron chi connectivity index (χ1n) is 17.9. The van der Waals surface area contributed by atoms with Crippen LogP contribution in [-0.2, 0) is 42.9 Å². The van der Waals surface area contributed by atoms with E-state index in [0.717, 1.165) is 57.8 Å². The molecule has 48 heavy (non-hydrogen) atoms. The normalized spacial score (nSPS) is 10.9. The summed E-state index contributed by atoms with van der Waals surface area (Å²) in [7, 11) is 0. The van der Waals surface area contributed by atoms with Crippen molar-refractivity contribution in [3.63, 3.8) is 0 Å². The van der Waals surface area contributed by atoms with Gasteiger partial charge in [0.25, 0.3) is 0 Å². The van der Waals surface area contributed by atoms with Gasteiger partial charge in [-0.3, -0.25) is 24.0 Å². The average molecular weight is 689 g/mol. The van der Waals surface area contributed by atoms with Gasteiger partial charge >= 0.3 is 5.97 Å². The number of carboxylic acid groups (broad SMARTS) is 1. The fraction of sp³-hybridized carbons (Fsp3) is 0.853. The Balaban J connectivity index is 3.38. The minimum atomic E-state index is -0.715. The molecule has 0 saturated heterocycles. The van der Waals surface area contributed by atoms with Gasteiger partial charge in [0.2, 0.25) is 23.6 Å². The second-order valence-corrected chi connectivity index (χ2v) is 11.6. The van der Waals surface area contributed by atoms with Gasteiger partial charge in [0.1, 0.15) is 13.2 Å². The number of ether oxygens (including phenoxy) is 4. The van der Waals surface area contributed by atoms with Crippen molar-refractivity contribution in [2.75, 3.05) is 79.0 Å². The van der Waals surface area contributed by atoms with Crippen LogP contribution in [0, 0.1) is 0 Å². The molecule has 0 aromatic heterocycles. The highest BCUT2D eigenvalue weighted by Crippen LogP contribution is 2.12. The molecule has 0 radical (unpaired) electrons. The molecule has 0 heterocycles. The van der Waals surface area contributed by atoms with Crippen LogP contribution in [0.3, 0.4) is 0 Å². The van der Waals surface area contributed by atoms with Crippen LogP contribution in [0.15, 0.2) is 0 Å². The largest absolute Gasteiger partial charge is 0.481 e. The van der Waals surface area contributed by atoms with Crippen molar-refractivity contribution in [3.05, 3.63) is 0 Å². The van der Waals surface area contributed by atoms with Crippen LogP contribution in [0.25, 0.3) is 0 Å². The van der Waals surface area contributed by atoms with Crippen LogP contribution in [0.1, 0.15) is 110 Å². The summed E-state index contributed by atoms with van der Waals surface area (Å²) in [4.78, 5) is 57.6. The minimum absolute atomic E-state index is 0.00792. The van der Waals surface area contributed by atoms with Gasteiger partial charge in [0, 0.05) is 45.4 Å². The molecule has 0 aliphatic rings. The van der Waals surface area contributed by atoms with Gasteiger partial charge in [-0.1, -0.05) is 64.7 Å². The minimum Gasteiger partial charge on any atom is -0.481 e. The van der Waals surface area contributed by atoms with Crippen molar-refractivity contribution in [2.45, 2.75) is 110 Å². The standard InChI is InChI=1S/C34H64N4O10/c1-2-3-18-36-32(41)28-47-26-25-46-23-21-38-33(42)29-48-27-24-45-22-20-37-31(40)16-14-19-35-30(39)15-12-10-8-6-4-5-7-9-11-13-17-34(43)44/h2-29H2,1H3,(H,35,39)(H,36,41)(H,37,40)(H,38,42)(H,43,44). The lowest BCUT2D eigenvalue weighted by Gasteiger charge is -2.09. The molecular weight excluding hydrogens is 624 g/mol. The van der Waals surface area contributed by atoms with Crippen molar-refractivity contribution >= 4 is 29.6 Å². The molecule has 14 heteroatoms. The number of unbranched alkanes of at least 4 members (excludes halogenated alkanes) is 10. The van der Waals surface area contributed by atoms with E-state index in [2.05, 4.69) is 28.2 Å². The number of carbonyl (C=O) groups is 5. The molecule has 0 aromatic carbocycles. The molecule has 0 aromatic rings. The Morgan fingerprint density at radius 1 is 0.417 bits per heavy atom. The predicted molar refractivity (Wildman–Crippen MR) is 182 cm³/mol. The topological polar surface area (TPSA) is 191 Å². The highest BCUT2D eigenvalue weighted by Gasteiger charge is 2.05. The number of hydrogen-bond donors (Lipinski definition) is 5. The zero-order chi connectivity index (χ0) is 35.3. The Hall–Kier alpha value is -2.81. The van der Waals surface area contributed by atoms with Crippen LogP contribution in [0.5, 0.6) is 0 Å². The van der Waals surface area contributed by atoms with Crippen molar-refractivity contribution < 1.29 is 48.0 Å². The quantitative estimate of drug-likeness (QED) is 0.0612. The van der Waals surface area contributed by atoms with Gasteiger partial charge in [0.05, 0.1) is 39.6 Å². The number of carboxylic acids is 1. The molecule has 0 aliphatic carbocycles. The Morgan fingerprint density at radius 3 is 1.29 bits per heavy atom. The second kappa shape index (κ2) is 35.5. The zero-order valence-electron chi connectivity index (χ0n) is 29.4. The fourth-order valence-electron chi connectivity index (χ4n) is 4.43. The zero-order valence-corrected chi connectivity index (χ0v) is 29.4. The highest BCUT2D eigenvalue weighted by atomic mass is 16.5. The SMILES string of the molecule is CCCCNC(=O)COCCOCCNC(=O)COCCOCCNC(=O)CCCNC(=O)CCCCCCCCCCCCC(=O)O. The van der Waals surface area contributed by atoms with Gasteiger partial charge in [-0.25, -0.2) is 0 Å². The van der Waals surface area contributed by atoms with E-state index >= 15 is 0 Å². The van der Waals surface area contributed by atoms with Gasteiger partial charge in [0.15, 0.2) is 0 Å². The van der Waals surface area contributed by atoms with Crippen molar-refractivity contribution in [1.82, 2.24) is 21.3 Å². The Labute approximate surface area is 287 Å². The molecule has 0 spiro atoms. The molecule has 0 aliphatic heterocycles. The van der Waals surface area contributed by atoms with E-state index in [4.69, 9.17) is 24.1 Å². The summed E-state index contributed by atoms with van der Waals surface area (Å²) in [6, 6.07) is 0. The number of aliphatic carboxylic acids is 1. The maximum Gasteiger partial charge on any atom is 0.303 e. The van der Waals surface area contributed by atoms with E-state index in [9.17, 15) is 24.0 Å². The first-order valence-corrected chi connectivity index (χ1v) is 17.9. The molecule has 280 valence electrons. The summed E-state index contributed by atoms with van der Waals surface area (Å²) in [5, 5.41) is 19.7. The second-order valence-electron chi connectivity index (χ2n) is 11.6. The third-order valence-corrected chi connectivity index (χ3v) is 7.15. The number of hydrogen-bond acceptors (Lipinski definition) is 9. The summed E-state index contributed by atoms with van der Waals surface area (Å²) >= 11 is 0. The van der Waals surface area contributed by atoms with Gasteiger partial charge in [-0.05, 0) is 25.7 Å². The maximum absolute atomic E-state index is 12.0. The third-order valence-electron chi connectivity index (χ3n) is 7.15. The van der Waals surface area contributed by atoms with E-state index in [1.165, 1.54) is 19.3 Å². The van der Waals surface area contributed by atoms with Crippen LogP contribution in [0.4, 0.5) is 0 Å². The smallest absolute Gasteiger partial charge is 0.303 e. The van der Waals surface area contributed by atoms with Crippen molar-refractivity contribution in [1.29, 1.82) is 0 Å². The Kier molecular flexibility index (Phi) is 33.4. The lowest BCUT2D eigenvalue weighted by Crippen LogP contribution is -2.32. The van der Waals surface area contributed by atoms with Gasteiger partial charge < -0.3 is 45.3 Å². The number of carbonyl (C=O) groups excluding carboxylic acids is 4. The molecule has 5 N–H and O–H groups in total. The monoisotopic (exact) mass is 688 g/mol. The molecule has 0 saturated carbocycles. The average Bonchev–Trinajstić information content (AvgIpc) is 3.06. The Morgan fingerprint density at radius 2 is 0.792 bits per heavy atom. The van der Waals surface area contributed by atoms with Crippen LogP contribution >= 0.6 is 0 Å². The van der Waals surface area contributed by atoms with E-state index < -0.39 is 5.97 Å². The summed E-state index contributed by atoms with van der Waals surface area (Å²) in [6.45, 7) is 5.65. The molecule has 4 amide bonds. The number of amides is 4. The fourth-order valence-corrected chi connectivity index (χ4v) is 4.43. The molecule has 0 bridgehead atoms. The summed E-state index contributed by atoms with van der Waals surface area (Å²) in [5.41, 5.74) is 0. The molecule has 0 rings (SSSR count). The van der Waals surface area contributed by atoms with E-state index in [0.29, 0.717) is 78.5 Å². The molecule has 0 fully saturated rings. The first kappa shape index (κ1) is 45.2. The number of nitrogens with one attached hydrogen (secondary N) is 4. The van der Waals surface area contributed by atoms with Crippen molar-refractivity contribution in [2.24, 2.45) is 0 Å². The maximum atomic E-state index is 12.0. The van der Waals surface area contributed by atoms with Crippen molar-refractivity contribution in [3.8, 4) is 0 Å². The molecule has 0 atom stereocenters. The van der Waals surface area contributed by atoms with E-state index in [1.54, 1.807) is 0 Å². The summed E-state index contributed by atoms with van der Waals surface area (Å²) < 4.78 is 21.3. The van der Waals surface area contributed by atoms with E-state index in [-0.39, 0.29) is 49.9 Å². The predicted octanol–water partition coefficient (Wildman–Crippen LogP) is 2.86. The molecular formula is C34H64N4O10. The van der Waals surface area contributed by atoms with Crippen LogP contribution < -0.4 is 21.3 Å². The van der Waals surface area contributed by atoms with Crippen LogP contribution in [-0.4, -0.2) is 114 Å². The third kappa shape index (κ3) is 36.0. The lowest BCUT2D eigenvalue weighted by molar-refractivity contribution is -0.137. The Bertz CT molecular complexity index is 832. The number of rotatable bonds is 36. The van der Waals surface area contributed by atoms with E-state index in [1.807, 2.05) is 0 Å². The molecule has 0 unspecified atom stereocenters. The highest BCUT2D eigenvalue weighted by molar-refractivity contribution is 5.78. The van der Waals surface area contributed by atoms with Gasteiger partial charge in [-0.2, -0.15) is 0 Å². The van der Waals surface area contributed by atoms with Crippen LogP contribution in [0.2, 0.25) is 0 Å². The van der Waals surface area contributed by atoms with Gasteiger partial charge in [-0.15, -0.1) is 0 Å². The molecule has 14 nitrogen and oxygen atoms in total. The first-order chi connectivity index (χ1) is 23.3. The lowest BCUT2D eigenvalue weighted by atomic mass is 10.1. The summed E-state index contributed by atoms with van der Waals surface area (Å²) in [6.07, 6.45) is 14.2. The summed E-state index contributed by atoms with van der Waals surface area (Å²) in [5.74, 6) is -1.18.